The Morgan fingerprint density at radius 2 is 1.89 bits per heavy atom. The third-order valence-electron chi connectivity index (χ3n) is 5.47. The van der Waals surface area contributed by atoms with Gasteiger partial charge >= 0.3 is 0 Å². The highest BCUT2D eigenvalue weighted by molar-refractivity contribution is 4.97. The monoisotopic (exact) mass is 267 g/mol. The summed E-state index contributed by atoms with van der Waals surface area (Å²) in [5.41, 5.74) is 6.54. The highest BCUT2D eigenvalue weighted by Gasteiger charge is 2.40. The molecule has 0 aliphatic carbocycles. The summed E-state index contributed by atoms with van der Waals surface area (Å²) < 4.78 is 0. The maximum Gasteiger partial charge on any atom is 0.0347 e. The molecule has 2 heterocycles. The van der Waals surface area contributed by atoms with E-state index in [0.29, 0.717) is 6.04 Å². The van der Waals surface area contributed by atoms with Crippen LogP contribution in [0.15, 0.2) is 0 Å². The van der Waals surface area contributed by atoms with E-state index in [1.807, 2.05) is 0 Å². The maximum absolute atomic E-state index is 6.26. The molecule has 2 fully saturated rings. The Morgan fingerprint density at radius 1 is 1.11 bits per heavy atom. The van der Waals surface area contributed by atoms with Crippen molar-refractivity contribution in [2.75, 3.05) is 26.2 Å². The van der Waals surface area contributed by atoms with Crippen molar-refractivity contribution in [1.82, 2.24) is 9.80 Å². The van der Waals surface area contributed by atoms with Gasteiger partial charge in [0.05, 0.1) is 0 Å². The van der Waals surface area contributed by atoms with Crippen LogP contribution in [0.2, 0.25) is 0 Å². The van der Waals surface area contributed by atoms with Crippen LogP contribution in [0.4, 0.5) is 0 Å². The fourth-order valence-corrected chi connectivity index (χ4v) is 4.13. The van der Waals surface area contributed by atoms with Crippen molar-refractivity contribution in [3.8, 4) is 0 Å². The summed E-state index contributed by atoms with van der Waals surface area (Å²) in [6, 6.07) is 1.40. The van der Waals surface area contributed by atoms with Gasteiger partial charge in [-0.1, -0.05) is 6.42 Å². The average molecular weight is 267 g/mol. The van der Waals surface area contributed by atoms with Gasteiger partial charge in [-0.05, 0) is 66.0 Å². The Balaban J connectivity index is 2.08. The van der Waals surface area contributed by atoms with E-state index in [4.69, 9.17) is 5.73 Å². The third kappa shape index (κ3) is 3.32. The molecule has 3 nitrogen and oxygen atoms in total. The van der Waals surface area contributed by atoms with Gasteiger partial charge in [-0.25, -0.2) is 0 Å². The molecule has 2 N–H and O–H groups in total. The molecule has 0 aromatic carbocycles. The predicted octanol–water partition coefficient (Wildman–Crippen LogP) is 2.45. The van der Waals surface area contributed by atoms with Crippen LogP contribution in [-0.4, -0.2) is 53.6 Å². The Hall–Kier alpha value is -0.120. The molecule has 2 rings (SSSR count). The van der Waals surface area contributed by atoms with Gasteiger partial charge in [0.25, 0.3) is 0 Å². The number of rotatable bonds is 3. The summed E-state index contributed by atoms with van der Waals surface area (Å²) in [5.74, 6) is 0. The van der Waals surface area contributed by atoms with Gasteiger partial charge in [-0.2, -0.15) is 0 Å². The molecule has 2 atom stereocenters. The molecule has 2 unspecified atom stereocenters. The summed E-state index contributed by atoms with van der Waals surface area (Å²) in [5, 5.41) is 0. The zero-order valence-corrected chi connectivity index (χ0v) is 13.2. The molecule has 0 aromatic rings. The second-order valence-corrected chi connectivity index (χ2v) is 6.95. The first-order valence-corrected chi connectivity index (χ1v) is 8.30. The highest BCUT2D eigenvalue weighted by atomic mass is 15.3. The minimum atomic E-state index is 0.281. The van der Waals surface area contributed by atoms with Crippen molar-refractivity contribution in [2.24, 2.45) is 5.73 Å². The van der Waals surface area contributed by atoms with E-state index in [1.165, 1.54) is 58.2 Å². The van der Waals surface area contributed by atoms with E-state index in [1.54, 1.807) is 0 Å². The van der Waals surface area contributed by atoms with E-state index < -0.39 is 0 Å². The molecule has 2 aliphatic heterocycles. The normalized spacial score (nSPS) is 35.5. The Labute approximate surface area is 119 Å². The minimum absolute atomic E-state index is 0.281. The Morgan fingerprint density at radius 3 is 2.53 bits per heavy atom. The maximum atomic E-state index is 6.26. The van der Waals surface area contributed by atoms with Crippen molar-refractivity contribution < 1.29 is 0 Å². The van der Waals surface area contributed by atoms with Gasteiger partial charge in [0.1, 0.15) is 0 Å². The van der Waals surface area contributed by atoms with Gasteiger partial charge in [0.15, 0.2) is 0 Å². The van der Waals surface area contributed by atoms with Crippen LogP contribution in [0.3, 0.4) is 0 Å². The lowest BCUT2D eigenvalue weighted by molar-refractivity contribution is 0.0183. The first-order chi connectivity index (χ1) is 9.09. The SMILES string of the molecule is CC(C)N1CCCC(CN)(N2CCCCC2C)CC1. The smallest absolute Gasteiger partial charge is 0.0347 e. The Bertz CT molecular complexity index is 279. The highest BCUT2D eigenvalue weighted by Crippen LogP contribution is 2.34. The molecule has 0 radical (unpaired) electrons. The average Bonchev–Trinajstić information content (AvgIpc) is 2.62. The van der Waals surface area contributed by atoms with Gasteiger partial charge in [-0.3, -0.25) is 4.90 Å². The third-order valence-corrected chi connectivity index (χ3v) is 5.47. The van der Waals surface area contributed by atoms with Gasteiger partial charge in [-0.15, -0.1) is 0 Å². The largest absolute Gasteiger partial charge is 0.329 e. The van der Waals surface area contributed by atoms with E-state index in [2.05, 4.69) is 30.6 Å². The summed E-state index contributed by atoms with van der Waals surface area (Å²) in [6.45, 7) is 11.6. The topological polar surface area (TPSA) is 32.5 Å². The number of likely N-dealkylation sites (tertiary alicyclic amines) is 2. The standard InChI is InChI=1S/C16H33N3/c1-14(2)18-10-6-8-16(13-17,9-12-18)19-11-5-4-7-15(19)3/h14-15H,4-13,17H2,1-3H3. The van der Waals surface area contributed by atoms with Crippen molar-refractivity contribution in [3.05, 3.63) is 0 Å². The van der Waals surface area contributed by atoms with E-state index in [0.717, 1.165) is 12.6 Å². The van der Waals surface area contributed by atoms with Crippen LogP contribution in [0.5, 0.6) is 0 Å². The van der Waals surface area contributed by atoms with Gasteiger partial charge < -0.3 is 10.6 Å². The lowest BCUT2D eigenvalue weighted by Gasteiger charge is -2.48. The fourth-order valence-electron chi connectivity index (χ4n) is 4.13. The van der Waals surface area contributed by atoms with Crippen LogP contribution < -0.4 is 5.73 Å². The molecule has 112 valence electrons. The van der Waals surface area contributed by atoms with Gasteiger partial charge in [0.2, 0.25) is 0 Å². The molecule has 0 aromatic heterocycles. The number of piperidine rings is 1. The van der Waals surface area contributed by atoms with E-state index >= 15 is 0 Å². The molecule has 0 amide bonds. The van der Waals surface area contributed by atoms with Crippen LogP contribution in [0, 0.1) is 0 Å². The van der Waals surface area contributed by atoms with Crippen LogP contribution in [-0.2, 0) is 0 Å². The lowest BCUT2D eigenvalue weighted by atomic mass is 9.84. The molecule has 3 heteroatoms. The molecule has 19 heavy (non-hydrogen) atoms. The van der Waals surface area contributed by atoms with Crippen molar-refractivity contribution in [1.29, 1.82) is 0 Å². The first kappa shape index (κ1) is 15.3. The van der Waals surface area contributed by atoms with E-state index in [-0.39, 0.29) is 5.54 Å². The molecule has 0 spiro atoms. The predicted molar refractivity (Wildman–Crippen MR) is 82.4 cm³/mol. The first-order valence-electron chi connectivity index (χ1n) is 8.30. The Kier molecular flexibility index (Phi) is 5.27. The van der Waals surface area contributed by atoms with Crippen LogP contribution in [0.1, 0.15) is 59.3 Å². The number of nitrogens with zero attached hydrogens (tertiary/aromatic N) is 2. The number of hydrogen-bond donors (Lipinski definition) is 1. The van der Waals surface area contributed by atoms with Crippen molar-refractivity contribution >= 4 is 0 Å². The summed E-state index contributed by atoms with van der Waals surface area (Å²) >= 11 is 0. The molecule has 2 saturated heterocycles. The number of nitrogens with two attached hydrogens (primary N) is 1. The van der Waals surface area contributed by atoms with Crippen LogP contribution in [0.25, 0.3) is 0 Å². The zero-order chi connectivity index (χ0) is 13.9. The summed E-state index contributed by atoms with van der Waals surface area (Å²) in [4.78, 5) is 5.40. The fraction of sp³-hybridized carbons (Fsp3) is 1.00. The van der Waals surface area contributed by atoms with Crippen molar-refractivity contribution in [3.63, 3.8) is 0 Å². The molecule has 0 bridgehead atoms. The lowest BCUT2D eigenvalue weighted by Crippen LogP contribution is -2.59. The molecule has 0 saturated carbocycles. The molecular formula is C16H33N3. The number of hydrogen-bond acceptors (Lipinski definition) is 3. The van der Waals surface area contributed by atoms with Crippen LogP contribution >= 0.6 is 0 Å². The minimum Gasteiger partial charge on any atom is -0.329 e. The summed E-state index contributed by atoms with van der Waals surface area (Å²) in [7, 11) is 0. The van der Waals surface area contributed by atoms with E-state index in [9.17, 15) is 0 Å². The second kappa shape index (κ2) is 6.55. The van der Waals surface area contributed by atoms with Gasteiger partial charge in [0, 0.05) is 30.7 Å². The quantitative estimate of drug-likeness (QED) is 0.852. The molecule has 2 aliphatic rings. The van der Waals surface area contributed by atoms with Crippen molar-refractivity contribution in [2.45, 2.75) is 76.9 Å². The second-order valence-electron chi connectivity index (χ2n) is 6.95. The zero-order valence-electron chi connectivity index (χ0n) is 13.2. The summed E-state index contributed by atoms with van der Waals surface area (Å²) in [6.07, 6.45) is 7.97. The molecular weight excluding hydrogens is 234 g/mol.